The van der Waals surface area contributed by atoms with Crippen LogP contribution in [0.1, 0.15) is 39.0 Å². The molecule has 2 rings (SSSR count). The average Bonchev–Trinajstić information content (AvgIpc) is 3.34. The number of nitrogens with one attached hydrogen (secondary N) is 2. The Morgan fingerprint density at radius 2 is 1.92 bits per heavy atom. The molecule has 142 valence electrons. The zero-order valence-electron chi connectivity index (χ0n) is 15.0. The number of hydrogen-bond donors (Lipinski definition) is 2. The molecule has 7 heteroatoms. The van der Waals surface area contributed by atoms with Crippen molar-refractivity contribution in [2.45, 2.75) is 39.0 Å². The highest BCUT2D eigenvalue weighted by molar-refractivity contribution is 7.90. The highest BCUT2D eigenvalue weighted by Gasteiger charge is 2.42. The Morgan fingerprint density at radius 3 is 2.62 bits per heavy atom. The molecule has 26 heavy (non-hydrogen) atoms. The molecule has 2 atom stereocenters. The van der Waals surface area contributed by atoms with E-state index < -0.39 is 27.6 Å². The van der Waals surface area contributed by atoms with E-state index in [4.69, 9.17) is 0 Å². The molecule has 2 N–H and O–H groups in total. The fourth-order valence-electron chi connectivity index (χ4n) is 2.67. The molecule has 1 aliphatic rings. The summed E-state index contributed by atoms with van der Waals surface area (Å²) in [5.41, 5.74) is 0.509. The minimum atomic E-state index is -4.00. The number of benzene rings is 1. The molecule has 0 saturated heterocycles. The Bertz CT molecular complexity index is 744. The number of allylic oxidation sites excluding steroid dienone is 2. The monoisotopic (exact) mass is 378 g/mol. The molecule has 0 aliphatic heterocycles. The Labute approximate surface area is 155 Å². The van der Waals surface area contributed by atoms with Crippen molar-refractivity contribution in [3.05, 3.63) is 42.5 Å². The van der Waals surface area contributed by atoms with Crippen LogP contribution in [0.5, 0.6) is 0 Å². The van der Waals surface area contributed by atoms with Gasteiger partial charge in [-0.1, -0.05) is 50.1 Å². The van der Waals surface area contributed by atoms with Gasteiger partial charge in [-0.15, -0.1) is 0 Å². The zero-order chi connectivity index (χ0) is 19.0. The summed E-state index contributed by atoms with van der Waals surface area (Å²) in [6, 6.07) is 8.57. The smallest absolute Gasteiger partial charge is 0.244 e. The second-order valence-corrected chi connectivity index (χ2v) is 8.29. The number of anilines is 1. The van der Waals surface area contributed by atoms with Gasteiger partial charge in [0.05, 0.1) is 0 Å². The van der Waals surface area contributed by atoms with E-state index in [9.17, 15) is 18.0 Å². The summed E-state index contributed by atoms with van der Waals surface area (Å²) in [6.07, 6.45) is 9.17. The van der Waals surface area contributed by atoms with Gasteiger partial charge in [0.25, 0.3) is 0 Å². The van der Waals surface area contributed by atoms with Gasteiger partial charge in [0.15, 0.2) is 0 Å². The molecule has 0 heterocycles. The molecule has 1 fully saturated rings. The van der Waals surface area contributed by atoms with Gasteiger partial charge in [-0.3, -0.25) is 14.3 Å². The predicted octanol–water partition coefficient (Wildman–Crippen LogP) is 2.84. The maximum atomic E-state index is 12.1. The molecule has 2 amide bonds. The van der Waals surface area contributed by atoms with E-state index in [1.54, 1.807) is 30.3 Å². The van der Waals surface area contributed by atoms with Crippen LogP contribution in [0.3, 0.4) is 0 Å². The predicted molar refractivity (Wildman–Crippen MR) is 102 cm³/mol. The summed E-state index contributed by atoms with van der Waals surface area (Å²) >= 11 is 0. The number of rotatable bonds is 10. The maximum absolute atomic E-state index is 12.1. The first kappa shape index (κ1) is 20.2. The highest BCUT2D eigenvalue weighted by Crippen LogP contribution is 2.40. The Balaban J connectivity index is 1.75. The first-order chi connectivity index (χ1) is 12.4. The van der Waals surface area contributed by atoms with Crippen LogP contribution >= 0.6 is 0 Å². The molecular weight excluding hydrogens is 352 g/mol. The van der Waals surface area contributed by atoms with Gasteiger partial charge >= 0.3 is 0 Å². The Hall–Kier alpha value is -2.15. The lowest BCUT2D eigenvalue weighted by Crippen LogP contribution is -2.37. The van der Waals surface area contributed by atoms with Crippen molar-refractivity contribution in [2.75, 3.05) is 11.1 Å². The summed E-state index contributed by atoms with van der Waals surface area (Å²) in [7, 11) is -4.00. The largest absolute Gasteiger partial charge is 0.325 e. The lowest BCUT2D eigenvalue weighted by molar-refractivity contribution is -0.120. The number of para-hydroxylation sites is 1. The third kappa shape index (κ3) is 7.00. The number of hydrogen-bond acceptors (Lipinski definition) is 4. The van der Waals surface area contributed by atoms with E-state index in [1.807, 2.05) is 10.8 Å². The van der Waals surface area contributed by atoms with Crippen molar-refractivity contribution in [1.29, 1.82) is 0 Å². The van der Waals surface area contributed by atoms with Crippen molar-refractivity contribution >= 4 is 27.5 Å². The zero-order valence-corrected chi connectivity index (χ0v) is 15.8. The summed E-state index contributed by atoms with van der Waals surface area (Å²) in [4.78, 5) is 23.9. The van der Waals surface area contributed by atoms with Crippen LogP contribution in [0.25, 0.3) is 0 Å². The molecule has 0 radical (unpaired) electrons. The summed E-state index contributed by atoms with van der Waals surface area (Å²) < 4.78 is 26.0. The third-order valence-electron chi connectivity index (χ3n) is 4.17. The van der Waals surface area contributed by atoms with Crippen LogP contribution in [0, 0.1) is 11.8 Å². The average molecular weight is 378 g/mol. The molecule has 2 unspecified atom stereocenters. The summed E-state index contributed by atoms with van der Waals surface area (Å²) in [5, 5.41) is 2.49. The van der Waals surface area contributed by atoms with E-state index in [2.05, 4.69) is 18.3 Å². The number of amides is 2. The fourth-order valence-corrected chi connectivity index (χ4v) is 3.62. The first-order valence-electron chi connectivity index (χ1n) is 8.97. The lowest BCUT2D eigenvalue weighted by atomic mass is 10.2. The molecule has 1 aromatic rings. The molecule has 1 saturated carbocycles. The van der Waals surface area contributed by atoms with Gasteiger partial charge in [-0.25, -0.2) is 8.42 Å². The van der Waals surface area contributed by atoms with E-state index >= 15 is 0 Å². The van der Waals surface area contributed by atoms with Gasteiger partial charge < -0.3 is 5.32 Å². The van der Waals surface area contributed by atoms with E-state index in [0.717, 1.165) is 19.3 Å². The molecule has 1 aromatic carbocycles. The quantitative estimate of drug-likeness (QED) is 0.484. The van der Waals surface area contributed by atoms with Crippen LogP contribution in [0.2, 0.25) is 0 Å². The van der Waals surface area contributed by atoms with Crippen molar-refractivity contribution in [3.8, 4) is 0 Å². The standard InChI is InChI=1S/C19H26N2O4S/c1-2-3-4-5-7-10-15-13-17(15)19(23)21-26(24,25)14-18(22)20-16-11-8-6-9-12-16/h6-12,15,17H,2-5,13-14H2,1H3,(H,20,22)(H,21,23)/b10-7-. The summed E-state index contributed by atoms with van der Waals surface area (Å²) in [5.74, 6) is -2.20. The third-order valence-corrected chi connectivity index (χ3v) is 5.32. The summed E-state index contributed by atoms with van der Waals surface area (Å²) in [6.45, 7) is 2.14. The topological polar surface area (TPSA) is 92.3 Å². The minimum absolute atomic E-state index is 0.102. The first-order valence-corrected chi connectivity index (χ1v) is 10.6. The molecule has 6 nitrogen and oxygen atoms in total. The fraction of sp³-hybridized carbons (Fsp3) is 0.474. The van der Waals surface area contributed by atoms with Crippen molar-refractivity contribution < 1.29 is 18.0 Å². The Morgan fingerprint density at radius 1 is 1.19 bits per heavy atom. The van der Waals surface area contributed by atoms with Gasteiger partial charge in [0, 0.05) is 11.6 Å². The van der Waals surface area contributed by atoms with Crippen LogP contribution < -0.4 is 10.0 Å². The SMILES string of the molecule is CCCCC/C=C\C1CC1C(=O)NS(=O)(=O)CC(=O)Nc1ccccc1. The van der Waals surface area contributed by atoms with Crippen molar-refractivity contribution in [2.24, 2.45) is 11.8 Å². The van der Waals surface area contributed by atoms with Crippen LogP contribution in [-0.2, 0) is 19.6 Å². The van der Waals surface area contributed by atoms with Crippen molar-refractivity contribution in [3.63, 3.8) is 0 Å². The molecule has 0 aromatic heterocycles. The molecule has 0 spiro atoms. The number of sulfonamides is 1. The van der Waals surface area contributed by atoms with Gasteiger partial charge in [-0.2, -0.15) is 0 Å². The van der Waals surface area contributed by atoms with E-state index in [0.29, 0.717) is 12.1 Å². The minimum Gasteiger partial charge on any atom is -0.325 e. The number of carbonyl (C=O) groups excluding carboxylic acids is 2. The Kier molecular flexibility index (Phi) is 7.38. The highest BCUT2D eigenvalue weighted by atomic mass is 32.2. The molecular formula is C19H26N2O4S. The van der Waals surface area contributed by atoms with E-state index in [1.165, 1.54) is 6.42 Å². The number of unbranched alkanes of at least 4 members (excludes halogenated alkanes) is 3. The maximum Gasteiger partial charge on any atom is 0.244 e. The lowest BCUT2D eigenvalue weighted by Gasteiger charge is -2.07. The van der Waals surface area contributed by atoms with Crippen LogP contribution in [-0.4, -0.2) is 26.0 Å². The van der Waals surface area contributed by atoms with Gasteiger partial charge in [-0.05, 0) is 37.3 Å². The second kappa shape index (κ2) is 9.52. The van der Waals surface area contributed by atoms with Crippen molar-refractivity contribution in [1.82, 2.24) is 4.72 Å². The van der Waals surface area contributed by atoms with Crippen LogP contribution in [0.4, 0.5) is 5.69 Å². The van der Waals surface area contributed by atoms with Gasteiger partial charge in [0.1, 0.15) is 5.75 Å². The molecule has 0 bridgehead atoms. The second-order valence-electron chi connectivity index (χ2n) is 6.57. The normalized spacial score (nSPS) is 19.3. The van der Waals surface area contributed by atoms with Crippen LogP contribution in [0.15, 0.2) is 42.5 Å². The number of carbonyl (C=O) groups is 2. The van der Waals surface area contributed by atoms with E-state index in [-0.39, 0.29) is 11.8 Å². The molecule has 1 aliphatic carbocycles. The van der Waals surface area contributed by atoms with Gasteiger partial charge in [0.2, 0.25) is 21.8 Å².